The van der Waals surface area contributed by atoms with Gasteiger partial charge in [0.05, 0.1) is 5.75 Å². The number of benzene rings is 1. The molecule has 0 saturated carbocycles. The first-order valence-corrected chi connectivity index (χ1v) is 10.4. The molecule has 1 aromatic heterocycles. The van der Waals surface area contributed by atoms with Crippen LogP contribution in [0.25, 0.3) is 0 Å². The zero-order valence-electron chi connectivity index (χ0n) is 15.3. The molecule has 26 heavy (non-hydrogen) atoms. The predicted octanol–water partition coefficient (Wildman–Crippen LogP) is 3.45. The predicted molar refractivity (Wildman–Crippen MR) is 110 cm³/mol. The van der Waals surface area contributed by atoms with E-state index in [9.17, 15) is 9.59 Å². The van der Waals surface area contributed by atoms with Gasteiger partial charge < -0.3 is 5.32 Å². The van der Waals surface area contributed by atoms with Crippen molar-refractivity contribution in [1.82, 2.24) is 14.9 Å². The van der Waals surface area contributed by atoms with Crippen LogP contribution in [0.5, 0.6) is 0 Å². The van der Waals surface area contributed by atoms with Crippen LogP contribution >= 0.6 is 27.7 Å². The highest BCUT2D eigenvalue weighted by molar-refractivity contribution is 9.10. The average molecular weight is 438 g/mol. The summed E-state index contributed by atoms with van der Waals surface area (Å²) in [6.07, 6.45) is 2.56. The van der Waals surface area contributed by atoms with Crippen molar-refractivity contribution in [2.24, 2.45) is 7.05 Å². The smallest absolute Gasteiger partial charge is 0.257 e. The summed E-state index contributed by atoms with van der Waals surface area (Å²) >= 11 is 4.71. The SMILES string of the molecule is CCCCNC(=O)CSc1nc(C)c(Cc2ccc(Br)cc2)c(=O)n1C. The molecule has 0 atom stereocenters. The van der Waals surface area contributed by atoms with Crippen LogP contribution in [0.15, 0.2) is 38.7 Å². The Morgan fingerprint density at radius 1 is 1.31 bits per heavy atom. The maximum atomic E-state index is 12.7. The van der Waals surface area contributed by atoms with Gasteiger partial charge in [-0.25, -0.2) is 4.98 Å². The lowest BCUT2D eigenvalue weighted by molar-refractivity contribution is -0.118. The van der Waals surface area contributed by atoms with Crippen LogP contribution in [0, 0.1) is 6.92 Å². The number of amides is 1. The molecule has 1 N–H and O–H groups in total. The minimum atomic E-state index is -0.0608. The molecular weight excluding hydrogens is 414 g/mol. The van der Waals surface area contributed by atoms with Crippen molar-refractivity contribution in [2.45, 2.75) is 38.3 Å². The number of rotatable bonds is 8. The number of halogens is 1. The number of hydrogen-bond acceptors (Lipinski definition) is 4. The van der Waals surface area contributed by atoms with Crippen molar-refractivity contribution in [2.75, 3.05) is 12.3 Å². The van der Waals surface area contributed by atoms with Crippen LogP contribution in [0.2, 0.25) is 0 Å². The van der Waals surface area contributed by atoms with Gasteiger partial charge in [-0.05, 0) is 31.0 Å². The fourth-order valence-electron chi connectivity index (χ4n) is 2.45. The molecule has 0 aliphatic rings. The molecule has 1 amide bonds. The van der Waals surface area contributed by atoms with E-state index in [0.717, 1.165) is 22.9 Å². The van der Waals surface area contributed by atoms with Gasteiger partial charge in [-0.15, -0.1) is 0 Å². The molecule has 5 nitrogen and oxygen atoms in total. The van der Waals surface area contributed by atoms with Crippen molar-refractivity contribution in [3.05, 3.63) is 55.9 Å². The third kappa shape index (κ3) is 5.71. The summed E-state index contributed by atoms with van der Waals surface area (Å²) in [5, 5.41) is 3.44. The zero-order valence-corrected chi connectivity index (χ0v) is 17.7. The number of nitrogens with zero attached hydrogens (tertiary/aromatic N) is 2. The maximum absolute atomic E-state index is 12.7. The van der Waals surface area contributed by atoms with Gasteiger partial charge in [0.15, 0.2) is 5.16 Å². The number of hydrogen-bond donors (Lipinski definition) is 1. The molecule has 0 saturated heterocycles. The summed E-state index contributed by atoms with van der Waals surface area (Å²) in [4.78, 5) is 29.1. The summed E-state index contributed by atoms with van der Waals surface area (Å²) in [6.45, 7) is 4.62. The third-order valence-corrected chi connectivity index (χ3v) is 5.59. The van der Waals surface area contributed by atoms with E-state index in [1.165, 1.54) is 16.3 Å². The zero-order chi connectivity index (χ0) is 19.1. The molecule has 0 unspecified atom stereocenters. The van der Waals surface area contributed by atoms with Crippen molar-refractivity contribution >= 4 is 33.6 Å². The second-order valence-corrected chi connectivity index (χ2v) is 7.98. The van der Waals surface area contributed by atoms with Crippen molar-refractivity contribution in [1.29, 1.82) is 0 Å². The third-order valence-electron chi connectivity index (χ3n) is 4.03. The van der Waals surface area contributed by atoms with E-state index in [0.29, 0.717) is 29.4 Å². The molecule has 140 valence electrons. The highest BCUT2D eigenvalue weighted by atomic mass is 79.9. The Balaban J connectivity index is 2.10. The van der Waals surface area contributed by atoms with Crippen molar-refractivity contribution < 1.29 is 4.79 Å². The van der Waals surface area contributed by atoms with Crippen LogP contribution in [0.3, 0.4) is 0 Å². The summed E-state index contributed by atoms with van der Waals surface area (Å²) in [6, 6.07) is 7.91. The van der Waals surface area contributed by atoms with Crippen LogP contribution in [0.1, 0.15) is 36.6 Å². The first-order chi connectivity index (χ1) is 12.4. The number of thioether (sulfide) groups is 1. The highest BCUT2D eigenvalue weighted by Gasteiger charge is 2.14. The molecule has 0 spiro atoms. The summed E-state index contributed by atoms with van der Waals surface area (Å²) in [7, 11) is 1.71. The van der Waals surface area contributed by atoms with Crippen LogP contribution in [-0.2, 0) is 18.3 Å². The lowest BCUT2D eigenvalue weighted by atomic mass is 10.1. The van der Waals surface area contributed by atoms with E-state index >= 15 is 0 Å². The molecule has 0 aliphatic heterocycles. The number of nitrogens with one attached hydrogen (secondary N) is 1. The maximum Gasteiger partial charge on any atom is 0.257 e. The molecule has 0 fully saturated rings. The fraction of sp³-hybridized carbons (Fsp3) is 0.421. The number of unbranched alkanes of at least 4 members (excludes halogenated alkanes) is 1. The number of aromatic nitrogens is 2. The van der Waals surface area contributed by atoms with E-state index in [-0.39, 0.29) is 17.2 Å². The number of carbonyl (C=O) groups is 1. The minimum absolute atomic E-state index is 0.0331. The van der Waals surface area contributed by atoms with Gasteiger partial charge in [0.25, 0.3) is 5.56 Å². The Morgan fingerprint density at radius 3 is 2.65 bits per heavy atom. The molecule has 0 bridgehead atoms. The van der Waals surface area contributed by atoms with Gasteiger partial charge in [0.1, 0.15) is 0 Å². The molecule has 1 aromatic carbocycles. The Bertz CT molecular complexity index is 819. The standard InChI is InChI=1S/C19H24BrN3O2S/c1-4-5-10-21-17(24)12-26-19-22-13(2)16(18(25)23(19)3)11-14-6-8-15(20)9-7-14/h6-9H,4-5,10-12H2,1-3H3,(H,21,24). The van der Waals surface area contributed by atoms with E-state index < -0.39 is 0 Å². The number of carbonyl (C=O) groups excluding carboxylic acids is 1. The Kier molecular flexibility index (Phi) is 7.90. The Hall–Kier alpha value is -1.60. The lowest BCUT2D eigenvalue weighted by Crippen LogP contribution is -2.28. The molecule has 1 heterocycles. The van der Waals surface area contributed by atoms with E-state index in [4.69, 9.17) is 0 Å². The summed E-state index contributed by atoms with van der Waals surface area (Å²) < 4.78 is 2.54. The summed E-state index contributed by atoms with van der Waals surface area (Å²) in [5.41, 5.74) is 2.40. The van der Waals surface area contributed by atoms with Gasteiger partial charge in [-0.1, -0.05) is 53.2 Å². The minimum Gasteiger partial charge on any atom is -0.355 e. The second-order valence-electron chi connectivity index (χ2n) is 6.12. The molecule has 7 heteroatoms. The molecule has 0 radical (unpaired) electrons. The van der Waals surface area contributed by atoms with E-state index in [1.54, 1.807) is 7.05 Å². The Labute approximate surface area is 166 Å². The topological polar surface area (TPSA) is 64.0 Å². The summed E-state index contributed by atoms with van der Waals surface area (Å²) in [5.74, 6) is 0.226. The van der Waals surface area contributed by atoms with Gasteiger partial charge in [0, 0.05) is 35.7 Å². The van der Waals surface area contributed by atoms with Crippen LogP contribution in [-0.4, -0.2) is 27.8 Å². The van der Waals surface area contributed by atoms with E-state index in [1.807, 2.05) is 31.2 Å². The highest BCUT2D eigenvalue weighted by Crippen LogP contribution is 2.17. The van der Waals surface area contributed by atoms with Crippen molar-refractivity contribution in [3.63, 3.8) is 0 Å². The first-order valence-electron chi connectivity index (χ1n) is 8.62. The van der Waals surface area contributed by atoms with Gasteiger partial charge >= 0.3 is 0 Å². The average Bonchev–Trinajstić information content (AvgIpc) is 2.62. The normalized spacial score (nSPS) is 10.8. The first kappa shape index (κ1) is 20.7. The van der Waals surface area contributed by atoms with Gasteiger partial charge in [0.2, 0.25) is 5.91 Å². The van der Waals surface area contributed by atoms with Gasteiger partial charge in [-0.2, -0.15) is 0 Å². The van der Waals surface area contributed by atoms with Gasteiger partial charge in [-0.3, -0.25) is 14.2 Å². The monoisotopic (exact) mass is 437 g/mol. The largest absolute Gasteiger partial charge is 0.355 e. The van der Waals surface area contributed by atoms with Crippen LogP contribution in [0.4, 0.5) is 0 Å². The fourth-order valence-corrected chi connectivity index (χ4v) is 3.56. The molecule has 0 aliphatic carbocycles. The lowest BCUT2D eigenvalue weighted by Gasteiger charge is -2.12. The molecule has 2 aromatic rings. The van der Waals surface area contributed by atoms with Crippen LogP contribution < -0.4 is 10.9 Å². The molecule has 2 rings (SSSR count). The second kappa shape index (κ2) is 9.92. The van der Waals surface area contributed by atoms with E-state index in [2.05, 4.69) is 33.2 Å². The number of aryl methyl sites for hydroxylation is 1. The Morgan fingerprint density at radius 2 is 2.00 bits per heavy atom. The van der Waals surface area contributed by atoms with Crippen molar-refractivity contribution in [3.8, 4) is 0 Å². The molecular formula is C19H24BrN3O2S. The quantitative estimate of drug-likeness (QED) is 0.390.